The SMILES string of the molecule is C[C@@](O)(CNC(=O)c1cc(-c2ccc(F)cc2)n[nH]1)c1ccccc1Cl. The van der Waals surface area contributed by atoms with Gasteiger partial charge in [-0.2, -0.15) is 5.10 Å². The van der Waals surface area contributed by atoms with Crippen LogP contribution in [0.5, 0.6) is 0 Å². The van der Waals surface area contributed by atoms with Crippen molar-refractivity contribution >= 4 is 17.5 Å². The lowest BCUT2D eigenvalue weighted by Crippen LogP contribution is -2.38. The second-order valence-corrected chi connectivity index (χ2v) is 6.52. The molecule has 3 N–H and O–H groups in total. The minimum Gasteiger partial charge on any atom is -0.384 e. The predicted octanol–water partition coefficient (Wildman–Crippen LogP) is 3.51. The van der Waals surface area contributed by atoms with Gasteiger partial charge in [0.25, 0.3) is 5.91 Å². The van der Waals surface area contributed by atoms with Crippen molar-refractivity contribution in [1.82, 2.24) is 15.5 Å². The van der Waals surface area contributed by atoms with Crippen molar-refractivity contribution in [3.63, 3.8) is 0 Å². The normalized spacial score (nSPS) is 13.2. The van der Waals surface area contributed by atoms with Crippen molar-refractivity contribution in [2.75, 3.05) is 6.54 Å². The molecule has 1 heterocycles. The van der Waals surface area contributed by atoms with Crippen LogP contribution in [-0.2, 0) is 5.60 Å². The van der Waals surface area contributed by atoms with Gasteiger partial charge in [0.2, 0.25) is 0 Å². The zero-order valence-electron chi connectivity index (χ0n) is 14.0. The number of carbonyl (C=O) groups excluding carboxylic acids is 1. The largest absolute Gasteiger partial charge is 0.384 e. The molecule has 0 saturated carbocycles. The van der Waals surface area contributed by atoms with Gasteiger partial charge in [-0.1, -0.05) is 29.8 Å². The van der Waals surface area contributed by atoms with Crippen LogP contribution in [0.2, 0.25) is 5.02 Å². The Bertz CT molecular complexity index is 923. The van der Waals surface area contributed by atoms with Gasteiger partial charge in [-0.15, -0.1) is 0 Å². The lowest BCUT2D eigenvalue weighted by atomic mass is 9.96. The summed E-state index contributed by atoms with van der Waals surface area (Å²) >= 11 is 6.11. The monoisotopic (exact) mass is 373 g/mol. The molecule has 0 aliphatic rings. The Hall–Kier alpha value is -2.70. The van der Waals surface area contributed by atoms with Gasteiger partial charge in [0, 0.05) is 16.1 Å². The van der Waals surface area contributed by atoms with Gasteiger partial charge in [0.15, 0.2) is 0 Å². The van der Waals surface area contributed by atoms with Gasteiger partial charge in [-0.05, 0) is 43.3 Å². The number of aromatic amines is 1. The average Bonchev–Trinajstić information content (AvgIpc) is 3.11. The summed E-state index contributed by atoms with van der Waals surface area (Å²) in [5, 5.41) is 20.4. The third-order valence-corrected chi connectivity index (χ3v) is 4.34. The van der Waals surface area contributed by atoms with E-state index in [0.717, 1.165) is 0 Å². The molecule has 3 aromatic rings. The van der Waals surface area contributed by atoms with E-state index in [1.165, 1.54) is 12.1 Å². The Morgan fingerprint density at radius 1 is 1.27 bits per heavy atom. The fourth-order valence-electron chi connectivity index (χ4n) is 2.55. The Labute approximate surface area is 154 Å². The van der Waals surface area contributed by atoms with Crippen molar-refractivity contribution in [3.05, 3.63) is 76.7 Å². The predicted molar refractivity (Wildman–Crippen MR) is 97.3 cm³/mol. The van der Waals surface area contributed by atoms with Crippen molar-refractivity contribution in [2.45, 2.75) is 12.5 Å². The number of benzene rings is 2. The molecule has 0 aliphatic carbocycles. The van der Waals surface area contributed by atoms with Gasteiger partial charge in [0.05, 0.1) is 12.2 Å². The molecule has 1 atom stereocenters. The lowest BCUT2D eigenvalue weighted by Gasteiger charge is -2.25. The molecule has 0 spiro atoms. The maximum Gasteiger partial charge on any atom is 0.269 e. The minimum atomic E-state index is -1.33. The topological polar surface area (TPSA) is 78.0 Å². The van der Waals surface area contributed by atoms with Crippen molar-refractivity contribution < 1.29 is 14.3 Å². The highest BCUT2D eigenvalue weighted by Gasteiger charge is 2.26. The Kier molecular flexibility index (Phi) is 5.06. The molecule has 0 radical (unpaired) electrons. The van der Waals surface area contributed by atoms with Crippen molar-refractivity contribution in [1.29, 1.82) is 0 Å². The highest BCUT2D eigenvalue weighted by molar-refractivity contribution is 6.31. The van der Waals surface area contributed by atoms with Crippen molar-refractivity contribution in [2.24, 2.45) is 0 Å². The number of halogens is 2. The number of hydrogen-bond acceptors (Lipinski definition) is 3. The van der Waals surface area contributed by atoms with E-state index in [9.17, 15) is 14.3 Å². The summed E-state index contributed by atoms with van der Waals surface area (Å²) in [5.74, 6) is -0.762. The first-order valence-corrected chi connectivity index (χ1v) is 8.31. The Morgan fingerprint density at radius 2 is 1.96 bits per heavy atom. The van der Waals surface area contributed by atoms with E-state index in [2.05, 4.69) is 15.5 Å². The standard InChI is InChI=1S/C19H17ClFN3O2/c1-19(26,14-4-2-3-5-15(14)20)11-22-18(25)17-10-16(23-24-17)12-6-8-13(21)9-7-12/h2-10,26H,11H2,1H3,(H,22,25)(H,23,24)/t19-/m1/s1. The first-order chi connectivity index (χ1) is 12.4. The second-order valence-electron chi connectivity index (χ2n) is 6.11. The number of hydrogen-bond donors (Lipinski definition) is 3. The number of aliphatic hydroxyl groups is 1. The molecule has 2 aromatic carbocycles. The zero-order chi connectivity index (χ0) is 18.7. The molecule has 0 saturated heterocycles. The summed E-state index contributed by atoms with van der Waals surface area (Å²) in [6.07, 6.45) is 0. The average molecular weight is 374 g/mol. The van der Waals surface area contributed by atoms with E-state index < -0.39 is 11.5 Å². The van der Waals surface area contributed by atoms with E-state index >= 15 is 0 Å². The van der Waals surface area contributed by atoms with Gasteiger partial charge >= 0.3 is 0 Å². The van der Waals surface area contributed by atoms with E-state index in [4.69, 9.17) is 11.6 Å². The highest BCUT2D eigenvalue weighted by Crippen LogP contribution is 2.27. The number of nitrogens with one attached hydrogen (secondary N) is 2. The van der Waals surface area contributed by atoms with Gasteiger partial charge in [0.1, 0.15) is 17.1 Å². The number of H-pyrrole nitrogens is 1. The molecule has 0 aliphatic heterocycles. The summed E-state index contributed by atoms with van der Waals surface area (Å²) < 4.78 is 13.0. The van der Waals surface area contributed by atoms with Crippen LogP contribution in [0.3, 0.4) is 0 Å². The quantitative estimate of drug-likeness (QED) is 0.640. The molecule has 7 heteroatoms. The summed E-state index contributed by atoms with van der Waals surface area (Å²) in [7, 11) is 0. The maximum atomic E-state index is 13.0. The van der Waals surface area contributed by atoms with E-state index in [1.807, 2.05) is 0 Å². The number of nitrogens with zero attached hydrogens (tertiary/aromatic N) is 1. The van der Waals surface area contributed by atoms with Crippen LogP contribution in [0, 0.1) is 5.82 Å². The number of carbonyl (C=O) groups is 1. The molecular weight excluding hydrogens is 357 g/mol. The van der Waals surface area contributed by atoms with Crippen LogP contribution in [0.4, 0.5) is 4.39 Å². The lowest BCUT2D eigenvalue weighted by molar-refractivity contribution is 0.0526. The Morgan fingerprint density at radius 3 is 2.65 bits per heavy atom. The van der Waals surface area contributed by atoms with E-state index in [1.54, 1.807) is 49.4 Å². The summed E-state index contributed by atoms with van der Waals surface area (Å²) in [5.41, 5.74) is 0.643. The van der Waals surface area contributed by atoms with Crippen LogP contribution in [-0.4, -0.2) is 27.8 Å². The second kappa shape index (κ2) is 7.27. The zero-order valence-corrected chi connectivity index (χ0v) is 14.7. The van der Waals surface area contributed by atoms with Gasteiger partial charge < -0.3 is 10.4 Å². The number of amides is 1. The fourth-order valence-corrected chi connectivity index (χ4v) is 2.89. The van der Waals surface area contributed by atoms with Crippen LogP contribution >= 0.6 is 11.6 Å². The fraction of sp³-hybridized carbons (Fsp3) is 0.158. The molecule has 134 valence electrons. The maximum absolute atomic E-state index is 13.0. The number of aromatic nitrogens is 2. The van der Waals surface area contributed by atoms with E-state index in [-0.39, 0.29) is 18.1 Å². The van der Waals surface area contributed by atoms with Gasteiger partial charge in [-0.3, -0.25) is 9.89 Å². The van der Waals surface area contributed by atoms with Crippen LogP contribution in [0.15, 0.2) is 54.6 Å². The summed E-state index contributed by atoms with van der Waals surface area (Å²) in [6, 6.07) is 14.3. The molecule has 1 aromatic heterocycles. The summed E-state index contributed by atoms with van der Waals surface area (Å²) in [6.45, 7) is 1.55. The molecule has 0 bridgehead atoms. The highest BCUT2D eigenvalue weighted by atomic mass is 35.5. The van der Waals surface area contributed by atoms with E-state index in [0.29, 0.717) is 21.8 Å². The molecule has 0 fully saturated rings. The van der Waals surface area contributed by atoms with Crippen LogP contribution in [0.25, 0.3) is 11.3 Å². The molecule has 0 unspecified atom stereocenters. The first-order valence-electron chi connectivity index (χ1n) is 7.94. The smallest absolute Gasteiger partial charge is 0.269 e. The van der Waals surface area contributed by atoms with Crippen LogP contribution in [0.1, 0.15) is 23.0 Å². The van der Waals surface area contributed by atoms with Crippen LogP contribution < -0.4 is 5.32 Å². The molecular formula is C19H17ClFN3O2. The van der Waals surface area contributed by atoms with Gasteiger partial charge in [-0.25, -0.2) is 4.39 Å². The third-order valence-electron chi connectivity index (χ3n) is 4.01. The molecule has 3 rings (SSSR count). The number of rotatable bonds is 5. The van der Waals surface area contributed by atoms with Crippen molar-refractivity contribution in [3.8, 4) is 11.3 Å². The summed E-state index contributed by atoms with van der Waals surface area (Å²) in [4.78, 5) is 12.3. The third kappa shape index (κ3) is 3.92. The first kappa shape index (κ1) is 18.1. The Balaban J connectivity index is 1.69. The molecule has 26 heavy (non-hydrogen) atoms. The molecule has 1 amide bonds. The minimum absolute atomic E-state index is 0.0273. The molecule has 5 nitrogen and oxygen atoms in total.